The van der Waals surface area contributed by atoms with E-state index in [2.05, 4.69) is 26.7 Å². The van der Waals surface area contributed by atoms with E-state index < -0.39 is 4.92 Å². The molecule has 0 spiro atoms. The summed E-state index contributed by atoms with van der Waals surface area (Å²) in [4.78, 5) is 10.4. The van der Waals surface area contributed by atoms with Crippen LogP contribution in [0.2, 0.25) is 0 Å². The van der Waals surface area contributed by atoms with Crippen LogP contribution in [0.1, 0.15) is 0 Å². The summed E-state index contributed by atoms with van der Waals surface area (Å²) in [5.41, 5.74) is 4.03. The van der Waals surface area contributed by atoms with E-state index in [9.17, 15) is 10.1 Å². The van der Waals surface area contributed by atoms with E-state index in [0.29, 0.717) is 17.1 Å². The monoisotopic (exact) mass is 352 g/mol. The number of halogens is 1. The van der Waals surface area contributed by atoms with E-state index in [0.717, 1.165) is 10.2 Å². The SMILES string of the molecule is COc1ccc(Br)c(Nc2cc(NN)cc([N+](=O)[O-])c2)c1. The number of non-ortho nitro benzene ring substituents is 1. The summed E-state index contributed by atoms with van der Waals surface area (Å²) < 4.78 is 5.96. The van der Waals surface area contributed by atoms with Crippen molar-refractivity contribution in [2.75, 3.05) is 17.9 Å². The Balaban J connectivity index is 2.39. The average Bonchev–Trinajstić information content (AvgIpc) is 2.49. The van der Waals surface area contributed by atoms with Crippen LogP contribution in [-0.2, 0) is 0 Å². The molecule has 0 heterocycles. The highest BCUT2D eigenvalue weighted by atomic mass is 79.9. The molecule has 0 amide bonds. The van der Waals surface area contributed by atoms with Gasteiger partial charge in [-0.3, -0.25) is 16.0 Å². The summed E-state index contributed by atoms with van der Waals surface area (Å²) in [6.07, 6.45) is 0. The Bertz CT molecular complexity index is 678. The first-order valence-electron chi connectivity index (χ1n) is 5.90. The third-order valence-electron chi connectivity index (χ3n) is 2.75. The molecule has 0 unspecified atom stereocenters. The number of hydrogen-bond acceptors (Lipinski definition) is 6. The number of rotatable bonds is 5. The van der Waals surface area contributed by atoms with Gasteiger partial charge in [0.25, 0.3) is 5.69 Å². The molecular formula is C13H13BrN4O3. The number of nitro groups is 1. The Labute approximate surface area is 129 Å². The van der Waals surface area contributed by atoms with Crippen LogP contribution in [0, 0.1) is 10.1 Å². The molecule has 110 valence electrons. The lowest BCUT2D eigenvalue weighted by atomic mass is 10.2. The number of hydrogen-bond donors (Lipinski definition) is 3. The van der Waals surface area contributed by atoms with Crippen molar-refractivity contribution in [1.82, 2.24) is 0 Å². The Morgan fingerprint density at radius 1 is 1.24 bits per heavy atom. The number of nitrogens with zero attached hydrogens (tertiary/aromatic N) is 1. The maximum Gasteiger partial charge on any atom is 0.273 e. The molecule has 0 saturated carbocycles. The van der Waals surface area contributed by atoms with Crippen LogP contribution in [-0.4, -0.2) is 12.0 Å². The topological polar surface area (TPSA) is 102 Å². The first-order valence-corrected chi connectivity index (χ1v) is 6.69. The minimum atomic E-state index is -0.480. The predicted octanol–water partition coefficient (Wildman–Crippen LogP) is 3.40. The molecular weight excluding hydrogens is 340 g/mol. The van der Waals surface area contributed by atoms with Gasteiger partial charge < -0.3 is 15.5 Å². The van der Waals surface area contributed by atoms with Gasteiger partial charge in [0.1, 0.15) is 5.75 Å². The fraction of sp³-hybridized carbons (Fsp3) is 0.0769. The standard InChI is InChI=1S/C13H13BrN4O3/c1-21-11-2-3-12(14)13(7-11)16-8-4-9(17-15)6-10(5-8)18(19)20/h2-7,16-17H,15H2,1H3. The number of nitro benzene ring substituents is 1. The van der Waals surface area contributed by atoms with Gasteiger partial charge >= 0.3 is 0 Å². The van der Waals surface area contributed by atoms with Crippen LogP contribution in [0.25, 0.3) is 0 Å². The van der Waals surface area contributed by atoms with Gasteiger partial charge in [0, 0.05) is 28.4 Å². The molecule has 0 radical (unpaired) electrons. The number of hydrazine groups is 1. The second-order valence-corrected chi connectivity index (χ2v) is 5.00. The van der Waals surface area contributed by atoms with Crippen LogP contribution in [0.3, 0.4) is 0 Å². The predicted molar refractivity (Wildman–Crippen MR) is 84.9 cm³/mol. The van der Waals surface area contributed by atoms with Crippen molar-refractivity contribution in [3.63, 3.8) is 0 Å². The number of benzene rings is 2. The molecule has 2 aromatic rings. The largest absolute Gasteiger partial charge is 0.497 e. The minimum absolute atomic E-state index is 0.0630. The normalized spacial score (nSPS) is 10.0. The lowest BCUT2D eigenvalue weighted by molar-refractivity contribution is -0.384. The zero-order valence-corrected chi connectivity index (χ0v) is 12.7. The van der Waals surface area contributed by atoms with Crippen molar-refractivity contribution in [1.29, 1.82) is 0 Å². The Morgan fingerprint density at radius 3 is 2.57 bits per heavy atom. The first-order chi connectivity index (χ1) is 10.0. The maximum absolute atomic E-state index is 10.9. The number of nitrogens with two attached hydrogens (primary N) is 1. The minimum Gasteiger partial charge on any atom is -0.497 e. The molecule has 0 fully saturated rings. The van der Waals surface area contributed by atoms with Crippen LogP contribution in [0.15, 0.2) is 40.9 Å². The van der Waals surface area contributed by atoms with E-state index in [1.54, 1.807) is 25.3 Å². The third-order valence-corrected chi connectivity index (χ3v) is 3.44. The lowest BCUT2D eigenvalue weighted by Crippen LogP contribution is -2.07. The highest BCUT2D eigenvalue weighted by Gasteiger charge is 2.11. The number of ether oxygens (including phenoxy) is 1. The van der Waals surface area contributed by atoms with E-state index in [4.69, 9.17) is 10.6 Å². The summed E-state index contributed by atoms with van der Waals surface area (Å²) in [6, 6.07) is 9.84. The van der Waals surface area contributed by atoms with Gasteiger partial charge in [0.2, 0.25) is 0 Å². The molecule has 0 aromatic heterocycles. The van der Waals surface area contributed by atoms with E-state index in [1.165, 1.54) is 12.1 Å². The highest BCUT2D eigenvalue weighted by molar-refractivity contribution is 9.10. The second-order valence-electron chi connectivity index (χ2n) is 4.14. The van der Waals surface area contributed by atoms with Crippen molar-refractivity contribution in [3.8, 4) is 5.75 Å². The third kappa shape index (κ3) is 3.61. The molecule has 4 N–H and O–H groups in total. The summed E-state index contributed by atoms with van der Waals surface area (Å²) >= 11 is 3.41. The van der Waals surface area contributed by atoms with Gasteiger partial charge in [0.15, 0.2) is 0 Å². The van der Waals surface area contributed by atoms with Crippen molar-refractivity contribution in [3.05, 3.63) is 51.0 Å². The van der Waals surface area contributed by atoms with Gasteiger partial charge in [-0.1, -0.05) is 0 Å². The van der Waals surface area contributed by atoms with Crippen molar-refractivity contribution >= 4 is 38.7 Å². The smallest absolute Gasteiger partial charge is 0.273 e. The molecule has 0 aliphatic rings. The molecule has 0 saturated heterocycles. The van der Waals surface area contributed by atoms with E-state index >= 15 is 0 Å². The van der Waals surface area contributed by atoms with Gasteiger partial charge in [-0.2, -0.15) is 0 Å². The molecule has 0 aliphatic carbocycles. The average molecular weight is 353 g/mol. The zero-order chi connectivity index (χ0) is 15.4. The summed E-state index contributed by atoms with van der Waals surface area (Å²) in [7, 11) is 1.57. The molecule has 0 atom stereocenters. The molecule has 0 aliphatic heterocycles. The van der Waals surface area contributed by atoms with Gasteiger partial charge in [-0.05, 0) is 34.1 Å². The molecule has 0 bridgehead atoms. The van der Waals surface area contributed by atoms with Crippen LogP contribution in [0.4, 0.5) is 22.7 Å². The summed E-state index contributed by atoms with van der Waals surface area (Å²) in [5.74, 6) is 6.00. The van der Waals surface area contributed by atoms with Crippen molar-refractivity contribution < 1.29 is 9.66 Å². The molecule has 7 nitrogen and oxygen atoms in total. The summed E-state index contributed by atoms with van der Waals surface area (Å²) in [6.45, 7) is 0. The van der Waals surface area contributed by atoms with Crippen LogP contribution in [0.5, 0.6) is 5.75 Å². The van der Waals surface area contributed by atoms with Gasteiger partial charge in [-0.25, -0.2) is 0 Å². The van der Waals surface area contributed by atoms with Crippen molar-refractivity contribution in [2.45, 2.75) is 0 Å². The van der Waals surface area contributed by atoms with Crippen LogP contribution >= 0.6 is 15.9 Å². The Hall–Kier alpha value is -2.32. The second kappa shape index (κ2) is 6.42. The quantitative estimate of drug-likeness (QED) is 0.433. The lowest BCUT2D eigenvalue weighted by Gasteiger charge is -2.11. The van der Waals surface area contributed by atoms with Gasteiger partial charge in [-0.15, -0.1) is 0 Å². The van der Waals surface area contributed by atoms with E-state index in [1.807, 2.05) is 6.07 Å². The molecule has 21 heavy (non-hydrogen) atoms. The Kier molecular flexibility index (Phi) is 4.61. The number of nitrogens with one attached hydrogen (secondary N) is 2. The molecule has 2 rings (SSSR count). The number of methoxy groups -OCH3 is 1. The fourth-order valence-electron chi connectivity index (χ4n) is 1.75. The number of nitrogen functional groups attached to an aromatic ring is 1. The zero-order valence-electron chi connectivity index (χ0n) is 11.1. The number of anilines is 3. The van der Waals surface area contributed by atoms with Gasteiger partial charge in [0.05, 0.1) is 23.4 Å². The highest BCUT2D eigenvalue weighted by Crippen LogP contribution is 2.32. The molecule has 2 aromatic carbocycles. The Morgan fingerprint density at radius 2 is 1.95 bits per heavy atom. The van der Waals surface area contributed by atoms with Crippen molar-refractivity contribution in [2.24, 2.45) is 5.84 Å². The van der Waals surface area contributed by atoms with Crippen LogP contribution < -0.4 is 21.3 Å². The first kappa shape index (κ1) is 15.1. The van der Waals surface area contributed by atoms with E-state index in [-0.39, 0.29) is 5.69 Å². The molecule has 8 heteroatoms. The summed E-state index contributed by atoms with van der Waals surface area (Å²) in [5, 5.41) is 14.0. The fourth-order valence-corrected chi connectivity index (χ4v) is 2.10. The maximum atomic E-state index is 10.9.